The average Bonchev–Trinajstić information content (AvgIpc) is 2.25. The summed E-state index contributed by atoms with van der Waals surface area (Å²) in [5.74, 6) is -0.758. The molecule has 0 spiro atoms. The van der Waals surface area contributed by atoms with Crippen molar-refractivity contribution in [3.8, 4) is 5.75 Å². The van der Waals surface area contributed by atoms with Crippen LogP contribution in [0.2, 0.25) is 0 Å². The van der Waals surface area contributed by atoms with E-state index in [-0.39, 0.29) is 17.0 Å². The molecule has 0 amide bonds. The molecule has 0 saturated heterocycles. The second kappa shape index (κ2) is 5.29. The number of benzene rings is 1. The fourth-order valence-corrected chi connectivity index (χ4v) is 1.16. The van der Waals surface area contributed by atoms with E-state index in [4.69, 9.17) is 10.5 Å². The number of alkyl halides is 2. The highest BCUT2D eigenvalue weighted by Gasteiger charge is 2.17. The summed E-state index contributed by atoms with van der Waals surface area (Å²) in [7, 11) is 1.33. The Hall–Kier alpha value is -1.85. The van der Waals surface area contributed by atoms with Gasteiger partial charge in [-0.3, -0.25) is 0 Å². The van der Waals surface area contributed by atoms with Gasteiger partial charge in [-0.05, 0) is 12.1 Å². The van der Waals surface area contributed by atoms with Crippen molar-refractivity contribution in [1.82, 2.24) is 0 Å². The van der Waals surface area contributed by atoms with Crippen molar-refractivity contribution in [2.24, 2.45) is 0 Å². The third-order valence-corrected chi connectivity index (χ3v) is 1.81. The van der Waals surface area contributed by atoms with Crippen molar-refractivity contribution in [1.29, 1.82) is 0 Å². The van der Waals surface area contributed by atoms with Crippen LogP contribution in [0.3, 0.4) is 0 Å². The number of carbonyl (C=O) groups is 1. The summed E-state index contributed by atoms with van der Waals surface area (Å²) < 4.78 is 32.9. The lowest BCUT2D eigenvalue weighted by molar-refractivity contribution is 0.0157. The van der Waals surface area contributed by atoms with E-state index in [2.05, 4.69) is 4.74 Å². The number of rotatable bonds is 4. The number of nitrogens with two attached hydrogens (primary N) is 1. The van der Waals surface area contributed by atoms with Crippen LogP contribution in [0.5, 0.6) is 5.75 Å². The molecule has 6 heteroatoms. The van der Waals surface area contributed by atoms with E-state index in [9.17, 15) is 13.6 Å². The lowest BCUT2D eigenvalue weighted by Crippen LogP contribution is -2.13. The van der Waals surface area contributed by atoms with Gasteiger partial charge in [0.25, 0.3) is 6.43 Å². The molecule has 0 aliphatic rings. The van der Waals surface area contributed by atoms with Crippen LogP contribution < -0.4 is 10.5 Å². The van der Waals surface area contributed by atoms with Crippen LogP contribution in [0.25, 0.3) is 0 Å². The maximum atomic E-state index is 11.8. The van der Waals surface area contributed by atoms with Gasteiger partial charge >= 0.3 is 5.97 Å². The van der Waals surface area contributed by atoms with Gasteiger partial charge < -0.3 is 15.2 Å². The molecule has 0 saturated carbocycles. The summed E-state index contributed by atoms with van der Waals surface area (Å²) in [5, 5.41) is 0. The van der Waals surface area contributed by atoms with Crippen LogP contribution in [0, 0.1) is 0 Å². The maximum absolute atomic E-state index is 11.8. The highest BCUT2D eigenvalue weighted by molar-refractivity contribution is 5.94. The molecule has 0 aromatic heterocycles. The normalized spacial score (nSPS) is 10.2. The van der Waals surface area contributed by atoms with Gasteiger partial charge in [0.05, 0.1) is 12.8 Å². The Kier molecular flexibility index (Phi) is 4.04. The van der Waals surface area contributed by atoms with E-state index in [1.54, 1.807) is 0 Å². The predicted molar refractivity (Wildman–Crippen MR) is 53.7 cm³/mol. The number of hydrogen-bond acceptors (Lipinski definition) is 4. The SMILES string of the molecule is COc1c(N)cccc1C(=O)OCC(F)F. The molecule has 0 radical (unpaired) electrons. The smallest absolute Gasteiger partial charge is 0.342 e. The number of halogens is 2. The van der Waals surface area contributed by atoms with E-state index in [0.717, 1.165) is 0 Å². The van der Waals surface area contributed by atoms with Crippen LogP contribution >= 0.6 is 0 Å². The first-order chi connectivity index (χ1) is 7.56. The Bertz CT molecular complexity index is 382. The first-order valence-electron chi connectivity index (χ1n) is 4.44. The second-order valence-electron chi connectivity index (χ2n) is 2.92. The van der Waals surface area contributed by atoms with Gasteiger partial charge in [0.2, 0.25) is 0 Å². The summed E-state index contributed by atoms with van der Waals surface area (Å²) in [6.45, 7) is -0.948. The molecule has 0 heterocycles. The zero-order valence-electron chi connectivity index (χ0n) is 8.57. The monoisotopic (exact) mass is 231 g/mol. The number of hydrogen-bond donors (Lipinski definition) is 1. The number of nitrogen functional groups attached to an aromatic ring is 1. The number of carbonyl (C=O) groups excluding carboxylic acids is 1. The number of methoxy groups -OCH3 is 1. The van der Waals surface area contributed by atoms with Crippen molar-refractivity contribution in [3.05, 3.63) is 23.8 Å². The van der Waals surface area contributed by atoms with Crippen molar-refractivity contribution >= 4 is 11.7 Å². The highest BCUT2D eigenvalue weighted by Crippen LogP contribution is 2.26. The Morgan fingerprint density at radius 3 is 2.75 bits per heavy atom. The maximum Gasteiger partial charge on any atom is 0.342 e. The van der Waals surface area contributed by atoms with Gasteiger partial charge in [0, 0.05) is 0 Å². The zero-order chi connectivity index (χ0) is 12.1. The van der Waals surface area contributed by atoms with Gasteiger partial charge in [-0.2, -0.15) is 0 Å². The molecule has 0 aliphatic carbocycles. The standard InChI is InChI=1S/C10H11F2NO3/c1-15-9-6(3-2-4-7(9)13)10(14)16-5-8(11)12/h2-4,8H,5,13H2,1H3. The molecule has 1 aromatic carbocycles. The van der Waals surface area contributed by atoms with Crippen molar-refractivity contribution < 1.29 is 23.0 Å². The van der Waals surface area contributed by atoms with Gasteiger partial charge in [-0.1, -0.05) is 6.07 Å². The molecular weight excluding hydrogens is 220 g/mol. The topological polar surface area (TPSA) is 61.5 Å². The van der Waals surface area contributed by atoms with Gasteiger partial charge in [0.15, 0.2) is 12.4 Å². The van der Waals surface area contributed by atoms with Gasteiger partial charge in [-0.15, -0.1) is 0 Å². The first kappa shape index (κ1) is 12.2. The van der Waals surface area contributed by atoms with Crippen LogP contribution in [0.4, 0.5) is 14.5 Å². The van der Waals surface area contributed by atoms with E-state index in [1.165, 1.54) is 25.3 Å². The Morgan fingerprint density at radius 2 is 2.19 bits per heavy atom. The fourth-order valence-electron chi connectivity index (χ4n) is 1.16. The van der Waals surface area contributed by atoms with Gasteiger partial charge in [-0.25, -0.2) is 13.6 Å². The predicted octanol–water partition coefficient (Wildman–Crippen LogP) is 1.70. The van der Waals surface area contributed by atoms with E-state index in [1.807, 2.05) is 0 Å². The van der Waals surface area contributed by atoms with Crippen LogP contribution in [0.1, 0.15) is 10.4 Å². The van der Waals surface area contributed by atoms with E-state index >= 15 is 0 Å². The molecule has 0 fully saturated rings. The van der Waals surface area contributed by atoms with Crippen LogP contribution in [-0.2, 0) is 4.74 Å². The number of anilines is 1. The molecule has 16 heavy (non-hydrogen) atoms. The lowest BCUT2D eigenvalue weighted by Gasteiger charge is -2.10. The van der Waals surface area contributed by atoms with E-state index in [0.29, 0.717) is 0 Å². The molecule has 0 aliphatic heterocycles. The molecule has 4 nitrogen and oxygen atoms in total. The minimum atomic E-state index is -2.70. The molecule has 1 aromatic rings. The number of para-hydroxylation sites is 1. The Labute approximate surface area is 91.0 Å². The van der Waals surface area contributed by atoms with Crippen molar-refractivity contribution in [2.75, 3.05) is 19.5 Å². The molecule has 0 unspecified atom stereocenters. The largest absolute Gasteiger partial charge is 0.494 e. The summed E-state index contributed by atoms with van der Waals surface area (Å²) >= 11 is 0. The Balaban J connectivity index is 2.86. The molecular formula is C10H11F2NO3. The molecule has 0 atom stereocenters. The summed E-state index contributed by atoms with van der Waals surface area (Å²) in [6, 6.07) is 4.43. The van der Waals surface area contributed by atoms with Crippen molar-refractivity contribution in [2.45, 2.75) is 6.43 Å². The zero-order valence-corrected chi connectivity index (χ0v) is 8.57. The highest BCUT2D eigenvalue weighted by atomic mass is 19.3. The minimum Gasteiger partial charge on any atom is -0.494 e. The van der Waals surface area contributed by atoms with Gasteiger partial charge in [0.1, 0.15) is 5.56 Å². The third-order valence-electron chi connectivity index (χ3n) is 1.81. The molecule has 88 valence electrons. The molecule has 2 N–H and O–H groups in total. The summed E-state index contributed by atoms with van der Waals surface area (Å²) in [5.41, 5.74) is 5.82. The average molecular weight is 231 g/mol. The van der Waals surface area contributed by atoms with Crippen LogP contribution in [-0.4, -0.2) is 26.1 Å². The number of ether oxygens (including phenoxy) is 2. The molecule has 1 rings (SSSR count). The minimum absolute atomic E-state index is 0.0307. The van der Waals surface area contributed by atoms with Crippen molar-refractivity contribution in [3.63, 3.8) is 0 Å². The summed E-state index contributed by atoms with van der Waals surface area (Å²) in [4.78, 5) is 11.4. The summed E-state index contributed by atoms with van der Waals surface area (Å²) in [6.07, 6.45) is -2.70. The fraction of sp³-hybridized carbons (Fsp3) is 0.300. The Morgan fingerprint density at radius 1 is 1.50 bits per heavy atom. The van der Waals surface area contributed by atoms with Crippen LogP contribution in [0.15, 0.2) is 18.2 Å². The second-order valence-corrected chi connectivity index (χ2v) is 2.92. The lowest BCUT2D eigenvalue weighted by atomic mass is 10.2. The number of esters is 1. The third kappa shape index (κ3) is 2.82. The molecule has 0 bridgehead atoms. The quantitative estimate of drug-likeness (QED) is 0.632. The first-order valence-corrected chi connectivity index (χ1v) is 4.44. The van der Waals surface area contributed by atoms with E-state index < -0.39 is 19.0 Å².